The molecule has 1 aliphatic rings. The molecule has 2 unspecified atom stereocenters. The van der Waals surface area contributed by atoms with Crippen molar-refractivity contribution in [1.29, 1.82) is 0 Å². The van der Waals surface area contributed by atoms with Crippen LogP contribution in [0.15, 0.2) is 24.3 Å². The predicted molar refractivity (Wildman–Crippen MR) is 70.2 cm³/mol. The average Bonchev–Trinajstić information content (AvgIpc) is 2.85. The molecule has 0 aliphatic heterocycles. The third-order valence-electron chi connectivity index (χ3n) is 3.40. The van der Waals surface area contributed by atoms with Crippen LogP contribution in [-0.2, 0) is 4.74 Å². The first kappa shape index (κ1) is 12.9. The molecule has 0 saturated heterocycles. The molecule has 1 aromatic rings. The first-order chi connectivity index (χ1) is 8.76. The molecule has 0 aromatic heterocycles. The molecule has 1 aromatic carbocycles. The molecule has 1 fully saturated rings. The van der Waals surface area contributed by atoms with Crippen LogP contribution in [0.1, 0.15) is 29.6 Å². The molecule has 0 bridgehead atoms. The summed E-state index contributed by atoms with van der Waals surface area (Å²) >= 11 is 0. The topological polar surface area (TPSA) is 76.4 Å². The fourth-order valence-corrected chi connectivity index (χ4v) is 2.43. The zero-order valence-corrected chi connectivity index (χ0v) is 10.5. The Morgan fingerprint density at radius 2 is 2.17 bits per heavy atom. The van der Waals surface area contributed by atoms with E-state index in [0.29, 0.717) is 11.3 Å². The molecule has 1 aliphatic carbocycles. The van der Waals surface area contributed by atoms with Crippen molar-refractivity contribution in [3.05, 3.63) is 29.8 Å². The van der Waals surface area contributed by atoms with Crippen molar-refractivity contribution in [3.63, 3.8) is 0 Å². The van der Waals surface area contributed by atoms with Gasteiger partial charge in [0, 0.05) is 7.11 Å². The fourth-order valence-electron chi connectivity index (χ4n) is 2.43. The van der Waals surface area contributed by atoms with E-state index >= 15 is 0 Å². The average molecular weight is 249 g/mol. The molecule has 5 nitrogen and oxygen atoms in total. The third-order valence-corrected chi connectivity index (χ3v) is 3.40. The van der Waals surface area contributed by atoms with Gasteiger partial charge in [0.25, 0.3) is 5.91 Å². The number of methoxy groups -OCH3 is 1. The van der Waals surface area contributed by atoms with E-state index < -0.39 is 0 Å². The Morgan fingerprint density at radius 1 is 1.39 bits per heavy atom. The number of nitrogens with two attached hydrogens (primary N) is 1. The second kappa shape index (κ2) is 5.84. The van der Waals surface area contributed by atoms with Crippen molar-refractivity contribution in [2.75, 3.05) is 12.5 Å². The predicted octanol–water partition coefficient (Wildman–Crippen LogP) is 1.27. The molecule has 1 saturated carbocycles. The molecule has 0 heterocycles. The highest BCUT2D eigenvalue weighted by Gasteiger charge is 2.28. The number of amides is 1. The largest absolute Gasteiger partial charge is 0.379 e. The molecular formula is C13H19N3O2. The Hall–Kier alpha value is -1.59. The molecular weight excluding hydrogens is 230 g/mol. The molecule has 0 spiro atoms. The summed E-state index contributed by atoms with van der Waals surface area (Å²) in [6.45, 7) is 0. The maximum Gasteiger partial charge on any atom is 0.253 e. The van der Waals surface area contributed by atoms with Crippen LogP contribution in [0.4, 0.5) is 5.69 Å². The molecule has 1 amide bonds. The molecule has 4 N–H and O–H groups in total. The summed E-state index contributed by atoms with van der Waals surface area (Å²) in [5.41, 5.74) is 3.72. The van der Waals surface area contributed by atoms with Gasteiger partial charge in [-0.1, -0.05) is 12.1 Å². The van der Waals surface area contributed by atoms with E-state index in [1.807, 2.05) is 12.1 Å². The summed E-state index contributed by atoms with van der Waals surface area (Å²) in [6, 6.07) is 7.27. The van der Waals surface area contributed by atoms with Gasteiger partial charge in [-0.05, 0) is 31.4 Å². The van der Waals surface area contributed by atoms with Gasteiger partial charge < -0.3 is 15.5 Å². The number of para-hydroxylation sites is 1. The summed E-state index contributed by atoms with van der Waals surface area (Å²) in [6.07, 6.45) is 3.16. The number of rotatable bonds is 4. The fraction of sp³-hybridized carbons (Fsp3) is 0.462. The van der Waals surface area contributed by atoms with Crippen LogP contribution in [0, 0.1) is 0 Å². The van der Waals surface area contributed by atoms with Gasteiger partial charge in [-0.25, -0.2) is 0 Å². The van der Waals surface area contributed by atoms with Gasteiger partial charge in [-0.2, -0.15) is 0 Å². The minimum Gasteiger partial charge on any atom is -0.379 e. The van der Waals surface area contributed by atoms with Gasteiger partial charge in [0.05, 0.1) is 23.4 Å². The molecule has 18 heavy (non-hydrogen) atoms. The molecule has 5 heteroatoms. The number of hydrazine groups is 1. The molecule has 2 rings (SSSR count). The number of carbonyl (C=O) groups excluding carboxylic acids is 1. The van der Waals surface area contributed by atoms with Crippen molar-refractivity contribution in [2.45, 2.75) is 31.4 Å². The summed E-state index contributed by atoms with van der Waals surface area (Å²) in [5.74, 6) is 5.28. The minimum atomic E-state index is -0.113. The third kappa shape index (κ3) is 2.63. The lowest BCUT2D eigenvalue weighted by molar-refractivity contribution is 0.0722. The second-order valence-electron chi connectivity index (χ2n) is 4.47. The van der Waals surface area contributed by atoms with Gasteiger partial charge in [0.15, 0.2) is 0 Å². The number of anilines is 1. The van der Waals surface area contributed by atoms with Crippen LogP contribution in [-0.4, -0.2) is 25.2 Å². The number of hydrogen-bond donors (Lipinski definition) is 3. The van der Waals surface area contributed by atoms with E-state index in [4.69, 9.17) is 10.6 Å². The summed E-state index contributed by atoms with van der Waals surface area (Å²) < 4.78 is 5.36. The Morgan fingerprint density at radius 3 is 2.89 bits per heavy atom. The van der Waals surface area contributed by atoms with Crippen LogP contribution in [0.5, 0.6) is 0 Å². The van der Waals surface area contributed by atoms with Crippen LogP contribution in [0.3, 0.4) is 0 Å². The normalized spacial score (nSPS) is 22.8. The highest BCUT2D eigenvalue weighted by atomic mass is 16.5. The van der Waals surface area contributed by atoms with Crippen LogP contribution in [0.25, 0.3) is 0 Å². The Balaban J connectivity index is 2.07. The lowest BCUT2D eigenvalue weighted by atomic mass is 10.1. The standard InChI is InChI=1S/C13H19N3O2/c1-18-12-8-4-7-11(12)15-13(17)9-5-2-3-6-10(9)16-14/h2-3,5-6,11-12,16H,4,7-8,14H2,1H3,(H,15,17). The maximum atomic E-state index is 12.2. The number of nitrogens with one attached hydrogen (secondary N) is 2. The van der Waals surface area contributed by atoms with E-state index in [-0.39, 0.29) is 18.1 Å². The highest BCUT2D eigenvalue weighted by molar-refractivity contribution is 5.99. The van der Waals surface area contributed by atoms with Gasteiger partial charge in [0.2, 0.25) is 0 Å². The quantitative estimate of drug-likeness (QED) is 0.555. The number of benzene rings is 1. The van der Waals surface area contributed by atoms with E-state index in [9.17, 15) is 4.79 Å². The number of nitrogen functional groups attached to an aromatic ring is 1. The van der Waals surface area contributed by atoms with Gasteiger partial charge in [-0.15, -0.1) is 0 Å². The van der Waals surface area contributed by atoms with Gasteiger partial charge in [-0.3, -0.25) is 10.6 Å². The van der Waals surface area contributed by atoms with E-state index in [2.05, 4.69) is 10.7 Å². The van der Waals surface area contributed by atoms with Crippen molar-refractivity contribution < 1.29 is 9.53 Å². The highest BCUT2D eigenvalue weighted by Crippen LogP contribution is 2.22. The Bertz CT molecular complexity index is 422. The SMILES string of the molecule is COC1CCCC1NC(=O)c1ccccc1NN. The minimum absolute atomic E-state index is 0.0910. The lowest BCUT2D eigenvalue weighted by Gasteiger charge is -2.20. The second-order valence-corrected chi connectivity index (χ2v) is 4.47. The Kier molecular flexibility index (Phi) is 4.17. The number of ether oxygens (including phenoxy) is 1. The van der Waals surface area contributed by atoms with Crippen LogP contribution < -0.4 is 16.6 Å². The van der Waals surface area contributed by atoms with Crippen molar-refractivity contribution >= 4 is 11.6 Å². The van der Waals surface area contributed by atoms with Crippen LogP contribution >= 0.6 is 0 Å². The van der Waals surface area contributed by atoms with Crippen molar-refractivity contribution in [2.24, 2.45) is 5.84 Å². The van der Waals surface area contributed by atoms with E-state index in [0.717, 1.165) is 19.3 Å². The molecule has 0 radical (unpaired) electrons. The number of hydrogen-bond acceptors (Lipinski definition) is 4. The van der Waals surface area contributed by atoms with E-state index in [1.165, 1.54) is 0 Å². The monoisotopic (exact) mass is 249 g/mol. The molecule has 98 valence electrons. The summed E-state index contributed by atoms with van der Waals surface area (Å²) in [7, 11) is 1.69. The van der Waals surface area contributed by atoms with Crippen molar-refractivity contribution in [3.8, 4) is 0 Å². The van der Waals surface area contributed by atoms with E-state index in [1.54, 1.807) is 19.2 Å². The zero-order valence-electron chi connectivity index (χ0n) is 10.5. The van der Waals surface area contributed by atoms with Gasteiger partial charge in [0.1, 0.15) is 0 Å². The summed E-state index contributed by atoms with van der Waals surface area (Å²) in [4.78, 5) is 12.2. The summed E-state index contributed by atoms with van der Waals surface area (Å²) in [5, 5.41) is 3.01. The first-order valence-corrected chi connectivity index (χ1v) is 6.15. The molecule has 2 atom stereocenters. The lowest BCUT2D eigenvalue weighted by Crippen LogP contribution is -2.41. The number of carbonyl (C=O) groups is 1. The first-order valence-electron chi connectivity index (χ1n) is 6.15. The van der Waals surface area contributed by atoms with Crippen LogP contribution in [0.2, 0.25) is 0 Å². The maximum absolute atomic E-state index is 12.2. The van der Waals surface area contributed by atoms with Crippen molar-refractivity contribution in [1.82, 2.24) is 5.32 Å². The smallest absolute Gasteiger partial charge is 0.253 e. The zero-order chi connectivity index (χ0) is 13.0. The Labute approximate surface area is 107 Å². The van der Waals surface area contributed by atoms with Gasteiger partial charge >= 0.3 is 0 Å².